The number of carbonyl (C=O) groups is 1. The highest BCUT2D eigenvalue weighted by Crippen LogP contribution is 2.31. The van der Waals surface area contributed by atoms with Gasteiger partial charge < -0.3 is 4.74 Å². The Hall–Kier alpha value is -2.36. The summed E-state index contributed by atoms with van der Waals surface area (Å²) < 4.78 is 19.1. The van der Waals surface area contributed by atoms with Crippen molar-refractivity contribution in [2.24, 2.45) is 0 Å². The summed E-state index contributed by atoms with van der Waals surface area (Å²) in [5.74, 6) is 2.42. The van der Waals surface area contributed by atoms with E-state index in [2.05, 4.69) is 15.6 Å². The van der Waals surface area contributed by atoms with E-state index in [1.54, 1.807) is 0 Å². The number of hydrogen-bond acceptors (Lipinski definition) is 6. The van der Waals surface area contributed by atoms with Crippen LogP contribution >= 0.6 is 23.2 Å². The van der Waals surface area contributed by atoms with E-state index >= 15 is 0 Å². The van der Waals surface area contributed by atoms with Crippen molar-refractivity contribution in [1.82, 2.24) is 9.71 Å². The standard InChI is InChI=1S/C14H11Cl2N3O5S/c1-25(2,23)18-13(20)10-6-9(3-4-12(10)19(21)22)24-14-11(16)5-8(15)7-17-14/h3-7H,1H2,2H3,(H,18,20,23). The first-order valence-corrected chi connectivity index (χ1v) is 9.37. The summed E-state index contributed by atoms with van der Waals surface area (Å²) in [6.07, 6.45) is 2.49. The highest BCUT2D eigenvalue weighted by Gasteiger charge is 2.22. The van der Waals surface area contributed by atoms with Crippen molar-refractivity contribution in [2.45, 2.75) is 0 Å². The number of nitrogens with zero attached hydrogens (tertiary/aromatic N) is 2. The molecule has 0 spiro atoms. The highest BCUT2D eigenvalue weighted by atomic mass is 35.5. The quantitative estimate of drug-likeness (QED) is 0.466. The fraction of sp³-hybridized carbons (Fsp3) is 0.0714. The maximum Gasteiger partial charge on any atom is 0.282 e. The molecular formula is C14H11Cl2N3O5S. The number of amides is 1. The summed E-state index contributed by atoms with van der Waals surface area (Å²) in [5, 5.41) is 11.5. The number of rotatable bonds is 5. The summed E-state index contributed by atoms with van der Waals surface area (Å²) in [5.41, 5.74) is -0.825. The van der Waals surface area contributed by atoms with E-state index in [1.165, 1.54) is 24.6 Å². The second-order valence-electron chi connectivity index (χ2n) is 4.91. The smallest absolute Gasteiger partial charge is 0.282 e. The van der Waals surface area contributed by atoms with Crippen LogP contribution in [0.15, 0.2) is 30.5 Å². The van der Waals surface area contributed by atoms with Crippen LogP contribution in [0.1, 0.15) is 10.4 Å². The molecule has 0 aliphatic carbocycles. The normalized spacial score (nSPS) is 12.9. The van der Waals surface area contributed by atoms with Crippen LogP contribution in [0, 0.1) is 10.1 Å². The SMILES string of the molecule is C=S(C)(=O)NC(=O)c1cc(Oc2ncc(Cl)cc2Cl)ccc1[N+](=O)[O-]. The van der Waals surface area contributed by atoms with E-state index < -0.39 is 26.2 Å². The molecule has 2 rings (SSSR count). The lowest BCUT2D eigenvalue weighted by atomic mass is 10.1. The van der Waals surface area contributed by atoms with Crippen LogP contribution < -0.4 is 9.46 Å². The third-order valence-corrected chi connectivity index (χ3v) is 3.80. The largest absolute Gasteiger partial charge is 0.438 e. The zero-order chi connectivity index (χ0) is 18.8. The van der Waals surface area contributed by atoms with E-state index in [4.69, 9.17) is 27.9 Å². The minimum atomic E-state index is -2.91. The molecule has 0 fully saturated rings. The molecule has 0 radical (unpaired) electrons. The van der Waals surface area contributed by atoms with Gasteiger partial charge in [0.1, 0.15) is 16.3 Å². The number of hydrogen-bond donors (Lipinski definition) is 1. The van der Waals surface area contributed by atoms with Gasteiger partial charge in [-0.1, -0.05) is 23.2 Å². The van der Waals surface area contributed by atoms with Crippen LogP contribution in [-0.4, -0.2) is 32.1 Å². The number of aromatic nitrogens is 1. The lowest BCUT2D eigenvalue weighted by molar-refractivity contribution is -0.385. The van der Waals surface area contributed by atoms with Gasteiger partial charge in [0.2, 0.25) is 5.88 Å². The number of nitro benzene ring substituents is 1. The average molecular weight is 404 g/mol. The number of ether oxygens (including phenoxy) is 1. The van der Waals surface area contributed by atoms with Crippen LogP contribution in [0.3, 0.4) is 0 Å². The molecule has 1 unspecified atom stereocenters. The molecule has 8 nitrogen and oxygen atoms in total. The molecule has 0 aliphatic heterocycles. The topological polar surface area (TPSA) is 111 Å². The van der Waals surface area contributed by atoms with Crippen LogP contribution in [0.25, 0.3) is 0 Å². The molecule has 132 valence electrons. The monoisotopic (exact) mass is 403 g/mol. The Kier molecular flexibility index (Phi) is 5.51. The molecule has 0 bridgehead atoms. The molecule has 11 heteroatoms. The fourth-order valence-corrected chi connectivity index (χ4v) is 2.68. The lowest BCUT2D eigenvalue weighted by Gasteiger charge is -2.10. The summed E-state index contributed by atoms with van der Waals surface area (Å²) in [7, 11) is -2.91. The van der Waals surface area contributed by atoms with Crippen molar-refractivity contribution >= 4 is 50.4 Å². The van der Waals surface area contributed by atoms with Crippen LogP contribution in [0.5, 0.6) is 11.6 Å². The molecule has 0 saturated heterocycles. The molecule has 0 aliphatic rings. The van der Waals surface area contributed by atoms with Crippen molar-refractivity contribution < 1.29 is 18.7 Å². The molecule has 0 saturated carbocycles. The molecule has 1 atom stereocenters. The Morgan fingerprint density at radius 3 is 2.64 bits per heavy atom. The molecular weight excluding hydrogens is 393 g/mol. The second kappa shape index (κ2) is 7.26. The molecule has 25 heavy (non-hydrogen) atoms. The summed E-state index contributed by atoms with van der Waals surface area (Å²) in [6.45, 7) is 0. The summed E-state index contributed by atoms with van der Waals surface area (Å²) >= 11 is 11.7. The van der Waals surface area contributed by atoms with Gasteiger partial charge in [-0.2, -0.15) is 0 Å². The highest BCUT2D eigenvalue weighted by molar-refractivity contribution is 7.98. The third-order valence-electron chi connectivity index (χ3n) is 2.71. The predicted molar refractivity (Wildman–Crippen MR) is 96.1 cm³/mol. The van der Waals surface area contributed by atoms with Gasteiger partial charge >= 0.3 is 0 Å². The van der Waals surface area contributed by atoms with Crippen LogP contribution in [-0.2, 0) is 9.71 Å². The lowest BCUT2D eigenvalue weighted by Crippen LogP contribution is -2.29. The molecule has 1 aromatic heterocycles. The van der Waals surface area contributed by atoms with Gasteiger partial charge in [-0.3, -0.25) is 19.6 Å². The van der Waals surface area contributed by atoms with Gasteiger partial charge in [0.25, 0.3) is 11.6 Å². The Morgan fingerprint density at radius 1 is 1.40 bits per heavy atom. The van der Waals surface area contributed by atoms with Gasteiger partial charge in [-0.15, -0.1) is 0 Å². The summed E-state index contributed by atoms with van der Waals surface area (Å²) in [6, 6.07) is 4.87. The Labute approximate surface area is 153 Å². The van der Waals surface area contributed by atoms with E-state index in [0.717, 1.165) is 12.1 Å². The van der Waals surface area contributed by atoms with Crippen molar-refractivity contribution in [3.8, 4) is 11.6 Å². The molecule has 1 amide bonds. The van der Waals surface area contributed by atoms with Crippen molar-refractivity contribution in [2.75, 3.05) is 6.26 Å². The zero-order valence-electron chi connectivity index (χ0n) is 12.7. The second-order valence-corrected chi connectivity index (χ2v) is 7.97. The van der Waals surface area contributed by atoms with Crippen molar-refractivity contribution in [3.63, 3.8) is 0 Å². The Bertz CT molecular complexity index is 963. The number of pyridine rings is 1. The average Bonchev–Trinajstić information content (AvgIpc) is 2.48. The maximum atomic E-state index is 12.2. The van der Waals surface area contributed by atoms with Gasteiger partial charge in [0.05, 0.1) is 9.95 Å². The Balaban J connectivity index is 2.43. The third kappa shape index (κ3) is 5.05. The van der Waals surface area contributed by atoms with Crippen LogP contribution in [0.4, 0.5) is 5.69 Å². The molecule has 2 aromatic rings. The minimum Gasteiger partial charge on any atom is -0.438 e. The van der Waals surface area contributed by atoms with Gasteiger partial charge in [0.15, 0.2) is 0 Å². The van der Waals surface area contributed by atoms with Crippen LogP contribution in [0.2, 0.25) is 10.0 Å². The van der Waals surface area contributed by atoms with E-state index in [9.17, 15) is 19.1 Å². The van der Waals surface area contributed by atoms with E-state index in [-0.39, 0.29) is 22.2 Å². The summed E-state index contributed by atoms with van der Waals surface area (Å²) in [4.78, 5) is 26.4. The number of carbonyl (C=O) groups excluding carboxylic acids is 1. The van der Waals surface area contributed by atoms with Crippen molar-refractivity contribution in [1.29, 1.82) is 0 Å². The molecule has 1 heterocycles. The fourth-order valence-electron chi connectivity index (χ4n) is 1.76. The predicted octanol–water partition coefficient (Wildman–Crippen LogP) is 3.08. The zero-order valence-corrected chi connectivity index (χ0v) is 15.0. The molecule has 1 aromatic carbocycles. The number of benzene rings is 1. The van der Waals surface area contributed by atoms with Crippen molar-refractivity contribution in [3.05, 3.63) is 56.2 Å². The number of nitrogens with one attached hydrogen (secondary N) is 1. The first-order chi connectivity index (χ1) is 11.6. The maximum absolute atomic E-state index is 12.2. The molecule has 1 N–H and O–H groups in total. The van der Waals surface area contributed by atoms with Gasteiger partial charge in [-0.25, -0.2) is 9.19 Å². The number of halogens is 2. The first kappa shape index (κ1) is 19.0. The number of nitro groups is 1. The first-order valence-electron chi connectivity index (χ1n) is 6.48. The Morgan fingerprint density at radius 2 is 2.08 bits per heavy atom. The minimum absolute atomic E-state index is 0.00252. The van der Waals surface area contributed by atoms with Gasteiger partial charge in [0, 0.05) is 34.3 Å². The van der Waals surface area contributed by atoms with E-state index in [1.807, 2.05) is 0 Å². The van der Waals surface area contributed by atoms with Gasteiger partial charge in [-0.05, 0) is 18.0 Å². The van der Waals surface area contributed by atoms with E-state index in [0.29, 0.717) is 5.02 Å².